The summed E-state index contributed by atoms with van der Waals surface area (Å²) in [6.45, 7) is 16.1. The molecular formula is C42H53N15O5. The number of pyridine rings is 1. The number of carbonyl (C=O) groups is 4. The van der Waals surface area contributed by atoms with E-state index in [2.05, 4.69) is 54.9 Å². The smallest absolute Gasteiger partial charge is 0.276 e. The van der Waals surface area contributed by atoms with Crippen LogP contribution in [0.3, 0.4) is 0 Å². The van der Waals surface area contributed by atoms with Crippen molar-refractivity contribution < 1.29 is 23.9 Å². The van der Waals surface area contributed by atoms with E-state index in [1.54, 1.807) is 49.7 Å². The highest BCUT2D eigenvalue weighted by atomic mass is 16.5. The number of amides is 4. The maximum atomic E-state index is 13.8. The van der Waals surface area contributed by atoms with Crippen LogP contribution in [0.2, 0.25) is 0 Å². The van der Waals surface area contributed by atoms with E-state index >= 15 is 0 Å². The number of allylic oxidation sites excluding steroid dienone is 2. The maximum absolute atomic E-state index is 13.8. The normalized spacial score (nSPS) is 15.8. The van der Waals surface area contributed by atoms with Crippen molar-refractivity contribution in [3.63, 3.8) is 0 Å². The van der Waals surface area contributed by atoms with E-state index in [1.807, 2.05) is 32.9 Å². The number of piperazine rings is 1. The van der Waals surface area contributed by atoms with Crippen molar-refractivity contribution in [3.05, 3.63) is 82.6 Å². The first kappa shape index (κ1) is 43.2. The topological polar surface area (TPSA) is 253 Å². The van der Waals surface area contributed by atoms with Gasteiger partial charge in [-0.1, -0.05) is 12.2 Å². The fourth-order valence-corrected chi connectivity index (χ4v) is 7.89. The Bertz CT molecular complexity index is 2680. The van der Waals surface area contributed by atoms with Gasteiger partial charge in [0.15, 0.2) is 5.65 Å². The molecule has 5 aromatic heterocycles. The minimum atomic E-state index is -0.665. The van der Waals surface area contributed by atoms with Crippen LogP contribution in [-0.4, -0.2) is 111 Å². The van der Waals surface area contributed by atoms with E-state index in [0.717, 1.165) is 26.1 Å². The zero-order valence-corrected chi connectivity index (χ0v) is 35.8. The van der Waals surface area contributed by atoms with E-state index in [9.17, 15) is 19.2 Å². The quantitative estimate of drug-likeness (QED) is 0.0656. The van der Waals surface area contributed by atoms with Gasteiger partial charge >= 0.3 is 0 Å². The predicted octanol–water partition coefficient (Wildman–Crippen LogP) is 3.24. The van der Waals surface area contributed by atoms with Gasteiger partial charge in [0.25, 0.3) is 11.8 Å². The molecule has 20 heteroatoms. The molecule has 1 aromatic carbocycles. The monoisotopic (exact) mass is 847 g/mol. The molecule has 0 aliphatic carbocycles. The van der Waals surface area contributed by atoms with E-state index in [0.29, 0.717) is 82.5 Å². The molecule has 0 saturated carbocycles. The summed E-state index contributed by atoms with van der Waals surface area (Å²) in [6.07, 6.45) is 5.80. The molecule has 326 valence electrons. The third-order valence-corrected chi connectivity index (χ3v) is 10.5. The number of hydrogen-bond acceptors (Lipinski definition) is 12. The fraction of sp³-hybridized carbons (Fsp3) is 0.405. The Kier molecular flexibility index (Phi) is 12.8. The SMILES string of the molecule is CCn1nc(C)cc1C(=O)Nc1nc2cc(C(N)=O)cnc2n1C/C=C/Cn1c(NC(=O)c2cc(C)nn2CC)nc2cc(C(N)=O)cc(OCCCN3CC(C)NC(C)C3)c21. The Labute approximate surface area is 357 Å². The molecule has 1 aliphatic heterocycles. The second-order valence-electron chi connectivity index (χ2n) is 15.5. The first-order valence-corrected chi connectivity index (χ1v) is 20.7. The highest BCUT2D eigenvalue weighted by Gasteiger charge is 2.24. The molecule has 7 N–H and O–H groups in total. The van der Waals surface area contributed by atoms with Gasteiger partial charge in [-0.2, -0.15) is 10.2 Å². The van der Waals surface area contributed by atoms with Crippen LogP contribution in [0.25, 0.3) is 22.2 Å². The second kappa shape index (κ2) is 18.4. The third-order valence-electron chi connectivity index (χ3n) is 10.5. The first-order chi connectivity index (χ1) is 29.7. The number of nitrogens with one attached hydrogen (secondary N) is 3. The van der Waals surface area contributed by atoms with Gasteiger partial charge in [-0.25, -0.2) is 15.0 Å². The predicted molar refractivity (Wildman–Crippen MR) is 233 cm³/mol. The molecule has 2 unspecified atom stereocenters. The van der Waals surface area contributed by atoms with Crippen LogP contribution in [-0.2, 0) is 26.2 Å². The lowest BCUT2D eigenvalue weighted by Gasteiger charge is -2.36. The van der Waals surface area contributed by atoms with Gasteiger partial charge in [0, 0.05) is 69.7 Å². The Morgan fingerprint density at radius 1 is 0.790 bits per heavy atom. The summed E-state index contributed by atoms with van der Waals surface area (Å²) in [4.78, 5) is 68.2. The van der Waals surface area contributed by atoms with Crippen LogP contribution in [0.5, 0.6) is 5.75 Å². The number of carbonyl (C=O) groups excluding carboxylic acids is 4. The van der Waals surface area contributed by atoms with E-state index in [1.165, 1.54) is 12.3 Å². The summed E-state index contributed by atoms with van der Waals surface area (Å²) >= 11 is 0. The lowest BCUT2D eigenvalue weighted by Crippen LogP contribution is -2.54. The molecule has 0 spiro atoms. The molecule has 6 aromatic rings. The lowest BCUT2D eigenvalue weighted by molar-refractivity contribution is 0.0991. The second-order valence-corrected chi connectivity index (χ2v) is 15.5. The summed E-state index contributed by atoms with van der Waals surface area (Å²) in [5, 5.41) is 18.2. The van der Waals surface area contributed by atoms with Crippen molar-refractivity contribution in [3.8, 4) is 5.75 Å². The Hall–Kier alpha value is -6.93. The van der Waals surface area contributed by atoms with Gasteiger partial charge in [0.05, 0.1) is 29.1 Å². The van der Waals surface area contributed by atoms with Gasteiger partial charge < -0.3 is 31.0 Å². The zero-order valence-electron chi connectivity index (χ0n) is 35.8. The molecule has 20 nitrogen and oxygen atoms in total. The Balaban J connectivity index is 1.22. The van der Waals surface area contributed by atoms with Crippen molar-refractivity contribution in [2.75, 3.05) is 36.9 Å². The Morgan fingerprint density at radius 2 is 1.34 bits per heavy atom. The minimum Gasteiger partial charge on any atom is -0.491 e. The number of imidazole rings is 2. The molecule has 1 aliphatic rings. The number of ether oxygens (including phenoxy) is 1. The average molecular weight is 848 g/mol. The lowest BCUT2D eigenvalue weighted by atomic mass is 10.1. The van der Waals surface area contributed by atoms with E-state index < -0.39 is 23.6 Å². The van der Waals surface area contributed by atoms with Crippen LogP contribution in [0.4, 0.5) is 11.9 Å². The molecule has 1 saturated heterocycles. The van der Waals surface area contributed by atoms with Gasteiger partial charge in [0.2, 0.25) is 23.7 Å². The largest absolute Gasteiger partial charge is 0.491 e. The van der Waals surface area contributed by atoms with Gasteiger partial charge in [-0.3, -0.25) is 43.7 Å². The van der Waals surface area contributed by atoms with Gasteiger partial charge in [0.1, 0.15) is 28.2 Å². The number of aromatic nitrogens is 9. The minimum absolute atomic E-state index is 0.166. The summed E-state index contributed by atoms with van der Waals surface area (Å²) in [5.74, 6) is -1.38. The van der Waals surface area contributed by atoms with Crippen molar-refractivity contribution in [2.24, 2.45) is 11.5 Å². The van der Waals surface area contributed by atoms with Gasteiger partial charge in [-0.15, -0.1) is 0 Å². The summed E-state index contributed by atoms with van der Waals surface area (Å²) in [6, 6.07) is 8.86. The van der Waals surface area contributed by atoms with Crippen LogP contribution < -0.4 is 32.2 Å². The van der Waals surface area contributed by atoms with Crippen LogP contribution >= 0.6 is 0 Å². The van der Waals surface area contributed by atoms with E-state index in [4.69, 9.17) is 21.2 Å². The number of nitrogens with zero attached hydrogens (tertiary/aromatic N) is 10. The third kappa shape index (κ3) is 9.35. The number of nitrogens with two attached hydrogens (primary N) is 2. The summed E-state index contributed by atoms with van der Waals surface area (Å²) in [5.41, 5.74) is 15.5. The highest BCUT2D eigenvalue weighted by molar-refractivity contribution is 6.05. The first-order valence-electron chi connectivity index (χ1n) is 20.7. The van der Waals surface area contributed by atoms with Crippen LogP contribution in [0.1, 0.15) is 87.2 Å². The molecule has 7 rings (SSSR count). The number of aryl methyl sites for hydroxylation is 4. The summed E-state index contributed by atoms with van der Waals surface area (Å²) < 4.78 is 13.1. The molecule has 6 heterocycles. The number of fused-ring (bicyclic) bond motifs is 2. The van der Waals surface area contributed by atoms with Gasteiger partial charge in [-0.05, 0) is 78.3 Å². The molecule has 4 amide bonds. The van der Waals surface area contributed by atoms with Crippen molar-refractivity contribution in [1.82, 2.24) is 53.9 Å². The molecule has 0 radical (unpaired) electrons. The Morgan fingerprint density at radius 3 is 1.92 bits per heavy atom. The number of primary amides is 2. The maximum Gasteiger partial charge on any atom is 0.276 e. The molecule has 62 heavy (non-hydrogen) atoms. The van der Waals surface area contributed by atoms with Crippen molar-refractivity contribution in [1.29, 1.82) is 0 Å². The summed E-state index contributed by atoms with van der Waals surface area (Å²) in [7, 11) is 0. The molecule has 0 bridgehead atoms. The molecular weight excluding hydrogens is 795 g/mol. The fourth-order valence-electron chi connectivity index (χ4n) is 7.89. The molecule has 1 fully saturated rings. The van der Waals surface area contributed by atoms with Crippen molar-refractivity contribution in [2.45, 2.75) is 86.2 Å². The highest BCUT2D eigenvalue weighted by Crippen LogP contribution is 2.32. The standard InChI is InChI=1S/C42H53N15O5/c1-7-56-32(16-24(3)51-56)39(60)49-41-47-30-18-28(36(43)58)20-34(62-15-11-12-53-22-26(5)46-27(6)23-53)35(30)54(41)13-9-10-14-55-38-31(19-29(21-45-38)37(44)59)48-42(55)50-40(61)33-17-25(4)52-57(33)8-2/h9-10,16-21,26-27,46H,7-8,11-15,22-23H2,1-6H3,(H2,43,58)(H2,44,59)(H,47,49,60)(H,48,50,61)/b10-9+. The van der Waals surface area contributed by atoms with Crippen LogP contribution in [0, 0.1) is 13.8 Å². The van der Waals surface area contributed by atoms with E-state index in [-0.39, 0.29) is 36.1 Å². The van der Waals surface area contributed by atoms with Crippen molar-refractivity contribution >= 4 is 57.7 Å². The number of anilines is 2. The molecule has 2 atom stereocenters. The number of hydrogen-bond donors (Lipinski definition) is 5. The number of benzene rings is 1. The average Bonchev–Trinajstić information content (AvgIpc) is 3.99. The number of rotatable bonds is 17. The zero-order chi connectivity index (χ0) is 44.2. The van der Waals surface area contributed by atoms with Crippen LogP contribution in [0.15, 0.2) is 48.7 Å².